The second kappa shape index (κ2) is 5.58. The van der Waals surface area contributed by atoms with E-state index in [1.165, 1.54) is 6.42 Å². The summed E-state index contributed by atoms with van der Waals surface area (Å²) in [5, 5.41) is 3.36. The standard InChI is InChI=1S/C10H22N2O/c1-9-4-5-11-8-10(9)13-7-6-12(2)3/h9-11H,4-8H2,1-3H3. The number of likely N-dealkylation sites (N-methyl/N-ethyl adjacent to an activating group) is 1. The van der Waals surface area contributed by atoms with Crippen LogP contribution in [0.1, 0.15) is 13.3 Å². The summed E-state index contributed by atoms with van der Waals surface area (Å²) in [7, 11) is 4.15. The summed E-state index contributed by atoms with van der Waals surface area (Å²) in [4.78, 5) is 2.15. The summed E-state index contributed by atoms with van der Waals surface area (Å²) < 4.78 is 5.80. The molecule has 1 heterocycles. The van der Waals surface area contributed by atoms with Crippen molar-refractivity contribution in [2.24, 2.45) is 5.92 Å². The summed E-state index contributed by atoms with van der Waals surface area (Å²) in [6.45, 7) is 6.32. The van der Waals surface area contributed by atoms with Crippen molar-refractivity contribution < 1.29 is 4.74 Å². The molecule has 0 spiro atoms. The molecule has 0 amide bonds. The first-order valence-corrected chi connectivity index (χ1v) is 5.17. The van der Waals surface area contributed by atoms with E-state index in [0.717, 1.165) is 26.2 Å². The van der Waals surface area contributed by atoms with Crippen molar-refractivity contribution in [2.75, 3.05) is 40.3 Å². The molecule has 13 heavy (non-hydrogen) atoms. The van der Waals surface area contributed by atoms with Crippen LogP contribution < -0.4 is 5.32 Å². The zero-order chi connectivity index (χ0) is 9.68. The largest absolute Gasteiger partial charge is 0.375 e. The quantitative estimate of drug-likeness (QED) is 0.694. The number of hydrogen-bond acceptors (Lipinski definition) is 3. The van der Waals surface area contributed by atoms with Crippen LogP contribution in [0.2, 0.25) is 0 Å². The lowest BCUT2D eigenvalue weighted by Crippen LogP contribution is -2.41. The fourth-order valence-corrected chi connectivity index (χ4v) is 1.57. The molecule has 1 fully saturated rings. The lowest BCUT2D eigenvalue weighted by atomic mass is 9.97. The van der Waals surface area contributed by atoms with Gasteiger partial charge >= 0.3 is 0 Å². The molecule has 2 unspecified atom stereocenters. The first kappa shape index (κ1) is 11.0. The van der Waals surface area contributed by atoms with Crippen molar-refractivity contribution in [1.82, 2.24) is 10.2 Å². The number of rotatable bonds is 4. The molecule has 0 bridgehead atoms. The minimum atomic E-state index is 0.425. The van der Waals surface area contributed by atoms with Gasteiger partial charge in [0.15, 0.2) is 0 Å². The topological polar surface area (TPSA) is 24.5 Å². The third-order valence-corrected chi connectivity index (χ3v) is 2.63. The van der Waals surface area contributed by atoms with Gasteiger partial charge in [-0.2, -0.15) is 0 Å². The summed E-state index contributed by atoms with van der Waals surface area (Å²) in [6.07, 6.45) is 1.67. The number of nitrogens with one attached hydrogen (secondary N) is 1. The SMILES string of the molecule is CC1CCNCC1OCCN(C)C. The van der Waals surface area contributed by atoms with Gasteiger partial charge in [0.1, 0.15) is 0 Å². The number of ether oxygens (including phenoxy) is 1. The maximum absolute atomic E-state index is 5.80. The van der Waals surface area contributed by atoms with Gasteiger partial charge in [0, 0.05) is 13.1 Å². The average molecular weight is 186 g/mol. The third kappa shape index (κ3) is 4.07. The van der Waals surface area contributed by atoms with E-state index in [1.807, 2.05) is 0 Å². The fraction of sp³-hybridized carbons (Fsp3) is 1.00. The summed E-state index contributed by atoms with van der Waals surface area (Å²) >= 11 is 0. The monoisotopic (exact) mass is 186 g/mol. The van der Waals surface area contributed by atoms with E-state index in [9.17, 15) is 0 Å². The summed E-state index contributed by atoms with van der Waals surface area (Å²) in [5.74, 6) is 0.711. The molecule has 0 aromatic rings. The highest BCUT2D eigenvalue weighted by Gasteiger charge is 2.20. The zero-order valence-corrected chi connectivity index (χ0v) is 9.05. The average Bonchev–Trinajstić information content (AvgIpc) is 2.08. The Balaban J connectivity index is 2.11. The molecule has 0 saturated carbocycles. The lowest BCUT2D eigenvalue weighted by Gasteiger charge is -2.29. The summed E-state index contributed by atoms with van der Waals surface area (Å²) in [6, 6.07) is 0. The van der Waals surface area contributed by atoms with Crippen molar-refractivity contribution in [3.05, 3.63) is 0 Å². The Morgan fingerprint density at radius 2 is 2.23 bits per heavy atom. The number of nitrogens with zero attached hydrogens (tertiary/aromatic N) is 1. The number of piperidine rings is 1. The van der Waals surface area contributed by atoms with E-state index < -0.39 is 0 Å². The predicted molar refractivity (Wildman–Crippen MR) is 54.9 cm³/mol. The highest BCUT2D eigenvalue weighted by molar-refractivity contribution is 4.75. The van der Waals surface area contributed by atoms with Crippen LogP contribution in [0.5, 0.6) is 0 Å². The van der Waals surface area contributed by atoms with Gasteiger partial charge in [-0.25, -0.2) is 0 Å². The Kier molecular flexibility index (Phi) is 4.70. The smallest absolute Gasteiger partial charge is 0.0726 e. The highest BCUT2D eigenvalue weighted by atomic mass is 16.5. The van der Waals surface area contributed by atoms with Crippen LogP contribution in [0.25, 0.3) is 0 Å². The van der Waals surface area contributed by atoms with Crippen LogP contribution in [-0.2, 0) is 4.74 Å². The van der Waals surface area contributed by atoms with Crippen LogP contribution in [0, 0.1) is 5.92 Å². The van der Waals surface area contributed by atoms with Crippen molar-refractivity contribution in [2.45, 2.75) is 19.4 Å². The van der Waals surface area contributed by atoms with Crippen LogP contribution >= 0.6 is 0 Å². The van der Waals surface area contributed by atoms with Crippen LogP contribution in [0.4, 0.5) is 0 Å². The Morgan fingerprint density at radius 3 is 2.85 bits per heavy atom. The van der Waals surface area contributed by atoms with Crippen molar-refractivity contribution in [1.29, 1.82) is 0 Å². The Labute approximate surface area is 81.4 Å². The number of hydrogen-bond donors (Lipinski definition) is 1. The van der Waals surface area contributed by atoms with Gasteiger partial charge in [0.25, 0.3) is 0 Å². The molecule has 0 aromatic heterocycles. The van der Waals surface area contributed by atoms with Crippen molar-refractivity contribution in [3.63, 3.8) is 0 Å². The Morgan fingerprint density at radius 1 is 1.46 bits per heavy atom. The summed E-state index contributed by atoms with van der Waals surface area (Å²) in [5.41, 5.74) is 0. The van der Waals surface area contributed by atoms with Crippen LogP contribution in [0.3, 0.4) is 0 Å². The molecule has 1 saturated heterocycles. The first-order valence-electron chi connectivity index (χ1n) is 5.17. The second-order valence-electron chi connectivity index (χ2n) is 4.18. The van der Waals surface area contributed by atoms with Gasteiger partial charge in [-0.15, -0.1) is 0 Å². The Hall–Kier alpha value is -0.120. The molecule has 1 aliphatic heterocycles. The van der Waals surface area contributed by atoms with Gasteiger partial charge in [-0.3, -0.25) is 0 Å². The molecular weight excluding hydrogens is 164 g/mol. The fourth-order valence-electron chi connectivity index (χ4n) is 1.57. The maximum Gasteiger partial charge on any atom is 0.0726 e. The van der Waals surface area contributed by atoms with E-state index in [0.29, 0.717) is 12.0 Å². The molecule has 1 aliphatic rings. The van der Waals surface area contributed by atoms with Gasteiger partial charge in [0.05, 0.1) is 12.7 Å². The van der Waals surface area contributed by atoms with E-state index >= 15 is 0 Å². The molecule has 1 N–H and O–H groups in total. The van der Waals surface area contributed by atoms with Crippen molar-refractivity contribution in [3.8, 4) is 0 Å². The molecule has 3 heteroatoms. The molecular formula is C10H22N2O. The third-order valence-electron chi connectivity index (χ3n) is 2.63. The van der Waals surface area contributed by atoms with E-state index in [2.05, 4.69) is 31.2 Å². The predicted octanol–water partition coefficient (Wildman–Crippen LogP) is 0.563. The molecule has 3 nitrogen and oxygen atoms in total. The van der Waals surface area contributed by atoms with Gasteiger partial charge in [0.2, 0.25) is 0 Å². The molecule has 1 rings (SSSR count). The molecule has 0 aliphatic carbocycles. The van der Waals surface area contributed by atoms with Crippen LogP contribution in [0.15, 0.2) is 0 Å². The molecule has 0 aromatic carbocycles. The molecule has 2 atom stereocenters. The lowest BCUT2D eigenvalue weighted by molar-refractivity contribution is -0.00138. The van der Waals surface area contributed by atoms with E-state index in [1.54, 1.807) is 0 Å². The van der Waals surface area contributed by atoms with Crippen molar-refractivity contribution >= 4 is 0 Å². The molecule has 78 valence electrons. The van der Waals surface area contributed by atoms with Gasteiger partial charge in [-0.1, -0.05) is 6.92 Å². The second-order valence-corrected chi connectivity index (χ2v) is 4.18. The Bertz CT molecular complexity index is 139. The minimum Gasteiger partial charge on any atom is -0.375 e. The first-order chi connectivity index (χ1) is 6.20. The van der Waals surface area contributed by atoms with Gasteiger partial charge < -0.3 is 15.0 Å². The highest BCUT2D eigenvalue weighted by Crippen LogP contribution is 2.14. The molecule has 0 radical (unpaired) electrons. The van der Waals surface area contributed by atoms with E-state index in [4.69, 9.17) is 4.74 Å². The van der Waals surface area contributed by atoms with Crippen LogP contribution in [-0.4, -0.2) is 51.3 Å². The maximum atomic E-state index is 5.80. The van der Waals surface area contributed by atoms with E-state index in [-0.39, 0.29) is 0 Å². The normalized spacial score (nSPS) is 29.5. The zero-order valence-electron chi connectivity index (χ0n) is 9.05. The minimum absolute atomic E-state index is 0.425. The van der Waals surface area contributed by atoms with Gasteiger partial charge in [-0.05, 0) is 33.0 Å².